The summed E-state index contributed by atoms with van der Waals surface area (Å²) in [5, 5.41) is 3.05. The number of fused-ring (bicyclic) bond motifs is 1. The van der Waals surface area contributed by atoms with Gasteiger partial charge in [0, 0.05) is 42.0 Å². The fraction of sp³-hybridized carbons (Fsp3) is 0.471. The summed E-state index contributed by atoms with van der Waals surface area (Å²) in [6.07, 6.45) is 8.46. The SMILES string of the molecule is CCCCc1nc2cc(-c3ccccn3)c(C)nc2n1CCCN1CCC(c2cccc(NC(=O)C(C)C)c2)CC1. The van der Waals surface area contributed by atoms with Crippen LogP contribution in [0.2, 0.25) is 0 Å². The van der Waals surface area contributed by atoms with Crippen molar-refractivity contribution in [1.29, 1.82) is 0 Å². The van der Waals surface area contributed by atoms with Crippen molar-refractivity contribution in [3.63, 3.8) is 0 Å². The lowest BCUT2D eigenvalue weighted by molar-refractivity contribution is -0.118. The monoisotopic (exact) mass is 552 g/mol. The number of nitrogens with one attached hydrogen (secondary N) is 1. The number of amides is 1. The highest BCUT2D eigenvalue weighted by Gasteiger charge is 2.22. The molecule has 0 aliphatic carbocycles. The normalized spacial score (nSPS) is 14.7. The van der Waals surface area contributed by atoms with Crippen LogP contribution in [-0.2, 0) is 17.8 Å². The van der Waals surface area contributed by atoms with Crippen LogP contribution in [0.15, 0.2) is 54.7 Å². The summed E-state index contributed by atoms with van der Waals surface area (Å²) < 4.78 is 2.36. The Morgan fingerprint density at radius 3 is 2.59 bits per heavy atom. The van der Waals surface area contributed by atoms with Crippen molar-refractivity contribution < 1.29 is 4.79 Å². The maximum atomic E-state index is 12.1. The number of benzene rings is 1. The number of piperidine rings is 1. The van der Waals surface area contributed by atoms with Gasteiger partial charge in [0.2, 0.25) is 5.91 Å². The van der Waals surface area contributed by atoms with Crippen molar-refractivity contribution in [2.75, 3.05) is 25.0 Å². The fourth-order valence-corrected chi connectivity index (χ4v) is 5.83. The number of aryl methyl sites for hydroxylation is 3. The van der Waals surface area contributed by atoms with Gasteiger partial charge in [0.1, 0.15) is 11.3 Å². The summed E-state index contributed by atoms with van der Waals surface area (Å²) >= 11 is 0. The minimum Gasteiger partial charge on any atom is -0.326 e. The third-order valence-corrected chi connectivity index (χ3v) is 8.28. The molecule has 1 saturated heterocycles. The minimum atomic E-state index is -0.0196. The maximum Gasteiger partial charge on any atom is 0.226 e. The largest absolute Gasteiger partial charge is 0.326 e. The molecular weight excluding hydrogens is 508 g/mol. The molecule has 216 valence electrons. The number of carbonyl (C=O) groups excluding carboxylic acids is 1. The average Bonchev–Trinajstić information content (AvgIpc) is 3.32. The van der Waals surface area contributed by atoms with Gasteiger partial charge in [0.15, 0.2) is 5.65 Å². The molecule has 7 nitrogen and oxygen atoms in total. The second kappa shape index (κ2) is 13.4. The van der Waals surface area contributed by atoms with Gasteiger partial charge in [-0.25, -0.2) is 9.97 Å². The molecule has 0 bridgehead atoms. The zero-order valence-electron chi connectivity index (χ0n) is 25.1. The number of anilines is 1. The molecule has 4 heterocycles. The Morgan fingerprint density at radius 2 is 1.85 bits per heavy atom. The topological polar surface area (TPSA) is 75.9 Å². The smallest absolute Gasteiger partial charge is 0.226 e. The molecule has 41 heavy (non-hydrogen) atoms. The number of hydrogen-bond acceptors (Lipinski definition) is 5. The molecule has 5 rings (SSSR count). The first-order valence-electron chi connectivity index (χ1n) is 15.3. The summed E-state index contributed by atoms with van der Waals surface area (Å²) in [6.45, 7) is 12.4. The molecule has 1 amide bonds. The van der Waals surface area contributed by atoms with E-state index >= 15 is 0 Å². The molecule has 1 N–H and O–H groups in total. The summed E-state index contributed by atoms with van der Waals surface area (Å²) in [6, 6.07) is 16.6. The third kappa shape index (κ3) is 7.02. The number of rotatable bonds is 11. The number of likely N-dealkylation sites (tertiary alicyclic amines) is 1. The molecule has 0 unspecified atom stereocenters. The number of carbonyl (C=O) groups is 1. The average molecular weight is 553 g/mol. The second-order valence-corrected chi connectivity index (χ2v) is 11.7. The molecule has 0 saturated carbocycles. The second-order valence-electron chi connectivity index (χ2n) is 11.7. The van der Waals surface area contributed by atoms with E-state index in [-0.39, 0.29) is 11.8 Å². The van der Waals surface area contributed by atoms with Gasteiger partial charge >= 0.3 is 0 Å². The Labute approximate surface area is 244 Å². The Balaban J connectivity index is 1.21. The van der Waals surface area contributed by atoms with E-state index in [2.05, 4.69) is 57.9 Å². The van der Waals surface area contributed by atoms with E-state index < -0.39 is 0 Å². The van der Waals surface area contributed by atoms with Crippen molar-refractivity contribution in [3.8, 4) is 11.3 Å². The van der Waals surface area contributed by atoms with Crippen molar-refractivity contribution in [2.24, 2.45) is 5.92 Å². The highest BCUT2D eigenvalue weighted by Crippen LogP contribution is 2.30. The number of hydrogen-bond donors (Lipinski definition) is 1. The van der Waals surface area contributed by atoms with Crippen LogP contribution in [0.5, 0.6) is 0 Å². The van der Waals surface area contributed by atoms with Crippen LogP contribution in [-0.4, -0.2) is 50.0 Å². The molecule has 1 aromatic carbocycles. The summed E-state index contributed by atoms with van der Waals surface area (Å²) in [5.41, 5.74) is 7.20. The van der Waals surface area contributed by atoms with E-state index in [0.717, 1.165) is 104 Å². The standard InChI is InChI=1S/C34H44N6O/c1-5-6-14-32-38-31-23-29(30-13-7-8-17-35-30)25(4)36-33(31)40(32)19-10-18-39-20-15-26(16-21-39)27-11-9-12-28(22-27)37-34(41)24(2)3/h7-9,11-13,17,22-24,26H,5-6,10,14-16,18-21H2,1-4H3,(H,37,41). The lowest BCUT2D eigenvalue weighted by atomic mass is 9.89. The highest BCUT2D eigenvalue weighted by molar-refractivity contribution is 5.92. The molecule has 1 aliphatic heterocycles. The van der Waals surface area contributed by atoms with Gasteiger partial charge in [0.25, 0.3) is 0 Å². The molecule has 1 aliphatic rings. The fourth-order valence-electron chi connectivity index (χ4n) is 5.83. The van der Waals surface area contributed by atoms with Gasteiger partial charge in [-0.3, -0.25) is 9.78 Å². The number of aromatic nitrogens is 4. The van der Waals surface area contributed by atoms with Gasteiger partial charge < -0.3 is 14.8 Å². The van der Waals surface area contributed by atoms with Crippen LogP contribution in [0.25, 0.3) is 22.4 Å². The minimum absolute atomic E-state index is 0.0196. The summed E-state index contributed by atoms with van der Waals surface area (Å²) in [5.74, 6) is 1.74. The van der Waals surface area contributed by atoms with E-state index in [1.54, 1.807) is 0 Å². The molecule has 7 heteroatoms. The number of imidazole rings is 1. The van der Waals surface area contributed by atoms with Gasteiger partial charge in [-0.1, -0.05) is 45.4 Å². The van der Waals surface area contributed by atoms with E-state index in [1.807, 2.05) is 44.3 Å². The van der Waals surface area contributed by atoms with Crippen molar-refractivity contribution in [2.45, 2.75) is 78.7 Å². The molecule has 3 aromatic heterocycles. The molecule has 4 aromatic rings. The lowest BCUT2D eigenvalue weighted by Crippen LogP contribution is -2.34. The summed E-state index contributed by atoms with van der Waals surface area (Å²) in [7, 11) is 0. The van der Waals surface area contributed by atoms with Crippen molar-refractivity contribution >= 4 is 22.8 Å². The number of pyridine rings is 2. The molecule has 1 fully saturated rings. The van der Waals surface area contributed by atoms with Gasteiger partial charge in [-0.15, -0.1) is 0 Å². The van der Waals surface area contributed by atoms with E-state index in [9.17, 15) is 4.79 Å². The van der Waals surface area contributed by atoms with Crippen LogP contribution < -0.4 is 5.32 Å². The van der Waals surface area contributed by atoms with Crippen molar-refractivity contribution in [3.05, 3.63) is 71.8 Å². The Bertz CT molecular complexity index is 1450. The van der Waals surface area contributed by atoms with E-state index in [1.165, 1.54) is 5.56 Å². The first-order chi connectivity index (χ1) is 19.9. The molecule has 0 atom stereocenters. The van der Waals surface area contributed by atoms with Crippen LogP contribution in [0, 0.1) is 12.8 Å². The molecule has 0 radical (unpaired) electrons. The Morgan fingerprint density at radius 1 is 1.02 bits per heavy atom. The zero-order chi connectivity index (χ0) is 28.8. The van der Waals surface area contributed by atoms with Crippen LogP contribution in [0.3, 0.4) is 0 Å². The maximum absolute atomic E-state index is 12.1. The third-order valence-electron chi connectivity index (χ3n) is 8.28. The zero-order valence-corrected chi connectivity index (χ0v) is 25.1. The van der Waals surface area contributed by atoms with E-state index in [4.69, 9.17) is 9.97 Å². The predicted molar refractivity (Wildman–Crippen MR) is 167 cm³/mol. The number of unbranched alkanes of at least 4 members (excludes halogenated alkanes) is 1. The lowest BCUT2D eigenvalue weighted by Gasteiger charge is -2.32. The van der Waals surface area contributed by atoms with Crippen LogP contribution in [0.4, 0.5) is 5.69 Å². The van der Waals surface area contributed by atoms with Gasteiger partial charge in [0.05, 0.1) is 5.69 Å². The molecular formula is C34H44N6O. The Hall–Kier alpha value is -3.58. The summed E-state index contributed by atoms with van der Waals surface area (Å²) in [4.78, 5) is 29.4. The quantitative estimate of drug-likeness (QED) is 0.217. The Kier molecular flexibility index (Phi) is 9.45. The van der Waals surface area contributed by atoms with Gasteiger partial charge in [-0.2, -0.15) is 0 Å². The number of nitrogens with zero attached hydrogens (tertiary/aromatic N) is 5. The van der Waals surface area contributed by atoms with Gasteiger partial charge in [-0.05, 0) is 94.1 Å². The van der Waals surface area contributed by atoms with Crippen molar-refractivity contribution in [1.82, 2.24) is 24.4 Å². The first kappa shape index (κ1) is 28.9. The first-order valence-corrected chi connectivity index (χ1v) is 15.3. The predicted octanol–water partition coefficient (Wildman–Crippen LogP) is 7.01. The molecule has 0 spiro atoms. The van der Waals surface area contributed by atoms with E-state index in [0.29, 0.717) is 5.92 Å². The highest BCUT2D eigenvalue weighted by atomic mass is 16.1. The van der Waals surface area contributed by atoms with Crippen LogP contribution >= 0.6 is 0 Å². The van der Waals surface area contributed by atoms with Crippen LogP contribution in [0.1, 0.15) is 75.9 Å².